The van der Waals surface area contributed by atoms with Crippen molar-refractivity contribution in [2.75, 3.05) is 0 Å². The van der Waals surface area contributed by atoms with Gasteiger partial charge in [0.1, 0.15) is 34.5 Å². The third-order valence-corrected chi connectivity index (χ3v) is 3.17. The highest BCUT2D eigenvalue weighted by atomic mass is 19.4. The monoisotopic (exact) mass is 362 g/mol. The minimum atomic E-state index is -4.76. The van der Waals surface area contributed by atoms with Gasteiger partial charge in [-0.1, -0.05) is 6.07 Å². The maximum Gasteiger partial charge on any atom is 0.573 e. The fourth-order valence-corrected chi connectivity index (χ4v) is 2.10. The van der Waals surface area contributed by atoms with Crippen LogP contribution in [0.3, 0.4) is 0 Å². The van der Waals surface area contributed by atoms with Crippen LogP contribution in [0.15, 0.2) is 72.8 Å². The molecule has 0 fully saturated rings. The highest BCUT2D eigenvalue weighted by Crippen LogP contribution is 2.30. The quantitative estimate of drug-likeness (QED) is 0.616. The first-order valence-corrected chi connectivity index (χ1v) is 7.48. The molecule has 7 heteroatoms. The Morgan fingerprint density at radius 3 is 1.62 bits per heavy atom. The summed E-state index contributed by atoms with van der Waals surface area (Å²) in [7, 11) is 0. The predicted molar refractivity (Wildman–Crippen MR) is 87.8 cm³/mol. The van der Waals surface area contributed by atoms with E-state index in [1.54, 1.807) is 36.4 Å². The molecule has 1 N–H and O–H groups in total. The predicted octanol–water partition coefficient (Wildman–Crippen LogP) is 5.88. The first-order chi connectivity index (χ1) is 12.4. The van der Waals surface area contributed by atoms with Crippen molar-refractivity contribution in [1.82, 2.24) is 0 Å². The van der Waals surface area contributed by atoms with Crippen molar-refractivity contribution in [3.05, 3.63) is 72.8 Å². The molecule has 0 saturated carbocycles. The van der Waals surface area contributed by atoms with Crippen molar-refractivity contribution in [2.24, 2.45) is 0 Å². The van der Waals surface area contributed by atoms with Crippen LogP contribution in [0.25, 0.3) is 0 Å². The van der Waals surface area contributed by atoms with E-state index in [9.17, 15) is 18.3 Å². The molecule has 0 bridgehead atoms. The molecular formula is C19H13F3O4. The summed E-state index contributed by atoms with van der Waals surface area (Å²) in [6.07, 6.45) is -4.76. The Balaban J connectivity index is 1.66. The fourth-order valence-electron chi connectivity index (χ4n) is 2.10. The van der Waals surface area contributed by atoms with E-state index < -0.39 is 6.36 Å². The van der Waals surface area contributed by atoms with Crippen LogP contribution < -0.4 is 14.2 Å². The Bertz CT molecular complexity index is 859. The maximum absolute atomic E-state index is 12.3. The molecule has 0 unspecified atom stereocenters. The molecule has 0 heterocycles. The van der Waals surface area contributed by atoms with Gasteiger partial charge in [0.05, 0.1) is 0 Å². The number of benzene rings is 3. The molecule has 26 heavy (non-hydrogen) atoms. The number of hydrogen-bond acceptors (Lipinski definition) is 4. The largest absolute Gasteiger partial charge is 0.573 e. The Hall–Kier alpha value is -3.35. The number of ether oxygens (including phenoxy) is 3. The molecule has 0 aliphatic heterocycles. The Morgan fingerprint density at radius 2 is 1.08 bits per heavy atom. The smallest absolute Gasteiger partial charge is 0.508 e. The lowest BCUT2D eigenvalue weighted by Crippen LogP contribution is -2.16. The van der Waals surface area contributed by atoms with Crippen LogP contribution in [0.1, 0.15) is 0 Å². The molecule has 0 aromatic heterocycles. The number of alkyl halides is 3. The van der Waals surface area contributed by atoms with E-state index in [1.807, 2.05) is 0 Å². The number of phenols is 1. The first-order valence-electron chi connectivity index (χ1n) is 7.48. The lowest BCUT2D eigenvalue weighted by Gasteiger charge is -2.11. The standard InChI is InChI=1S/C19H13F3O4/c20-19(21,22)26-18-3-1-2-17(12-18)25-16-10-8-15(9-11-16)24-14-6-4-13(23)5-7-14/h1-12,23H. The lowest BCUT2D eigenvalue weighted by atomic mass is 10.3. The summed E-state index contributed by atoms with van der Waals surface area (Å²) in [4.78, 5) is 0. The number of hydrogen-bond donors (Lipinski definition) is 1. The topological polar surface area (TPSA) is 47.9 Å². The van der Waals surface area contributed by atoms with Crippen LogP contribution in [-0.4, -0.2) is 11.5 Å². The summed E-state index contributed by atoms with van der Waals surface area (Å²) in [5.41, 5.74) is 0. The third kappa shape index (κ3) is 5.07. The van der Waals surface area contributed by atoms with Crippen molar-refractivity contribution >= 4 is 0 Å². The van der Waals surface area contributed by atoms with Crippen LogP contribution in [0.4, 0.5) is 13.2 Å². The number of phenolic OH excluding ortho intramolecular Hbond substituents is 1. The zero-order valence-corrected chi connectivity index (χ0v) is 13.2. The molecule has 0 saturated heterocycles. The highest BCUT2D eigenvalue weighted by molar-refractivity contribution is 5.40. The van der Waals surface area contributed by atoms with Crippen LogP contribution in [0.2, 0.25) is 0 Å². The second-order valence-corrected chi connectivity index (χ2v) is 5.19. The van der Waals surface area contributed by atoms with Crippen molar-refractivity contribution < 1.29 is 32.5 Å². The van der Waals surface area contributed by atoms with Gasteiger partial charge in [-0.15, -0.1) is 13.2 Å². The molecule has 0 atom stereocenters. The molecule has 0 aliphatic carbocycles. The molecule has 134 valence electrons. The van der Waals surface area contributed by atoms with E-state index in [0.29, 0.717) is 17.2 Å². The summed E-state index contributed by atoms with van der Waals surface area (Å²) in [6, 6.07) is 18.0. The van der Waals surface area contributed by atoms with Crippen molar-refractivity contribution in [1.29, 1.82) is 0 Å². The summed E-state index contributed by atoms with van der Waals surface area (Å²) >= 11 is 0. The average Bonchev–Trinajstić information content (AvgIpc) is 2.57. The average molecular weight is 362 g/mol. The van der Waals surface area contributed by atoms with Crippen LogP contribution in [0.5, 0.6) is 34.5 Å². The van der Waals surface area contributed by atoms with Gasteiger partial charge in [-0.05, 0) is 60.7 Å². The van der Waals surface area contributed by atoms with E-state index in [-0.39, 0.29) is 17.2 Å². The van der Waals surface area contributed by atoms with Crippen molar-refractivity contribution in [2.45, 2.75) is 6.36 Å². The molecule has 3 aromatic carbocycles. The molecule has 3 aromatic rings. The fraction of sp³-hybridized carbons (Fsp3) is 0.0526. The minimum absolute atomic E-state index is 0.137. The highest BCUT2D eigenvalue weighted by Gasteiger charge is 2.31. The van der Waals surface area contributed by atoms with Crippen LogP contribution in [0, 0.1) is 0 Å². The second-order valence-electron chi connectivity index (χ2n) is 5.19. The molecule has 4 nitrogen and oxygen atoms in total. The Labute approximate surface area is 147 Å². The van der Waals surface area contributed by atoms with Gasteiger partial charge < -0.3 is 19.3 Å². The molecule has 0 radical (unpaired) electrons. The van der Waals surface area contributed by atoms with Gasteiger partial charge in [0.2, 0.25) is 0 Å². The summed E-state index contributed by atoms with van der Waals surface area (Å²) < 4.78 is 51.7. The van der Waals surface area contributed by atoms with Gasteiger partial charge in [0, 0.05) is 6.07 Å². The minimum Gasteiger partial charge on any atom is -0.508 e. The van der Waals surface area contributed by atoms with Crippen molar-refractivity contribution in [3.63, 3.8) is 0 Å². The molecule has 3 rings (SSSR count). The van der Waals surface area contributed by atoms with Crippen molar-refractivity contribution in [3.8, 4) is 34.5 Å². The van der Waals surface area contributed by atoms with E-state index in [1.165, 1.54) is 30.3 Å². The normalized spacial score (nSPS) is 11.0. The zero-order chi connectivity index (χ0) is 18.6. The van der Waals surface area contributed by atoms with Gasteiger partial charge in [-0.3, -0.25) is 0 Å². The Morgan fingerprint density at radius 1 is 0.615 bits per heavy atom. The maximum atomic E-state index is 12.3. The molecular weight excluding hydrogens is 349 g/mol. The zero-order valence-electron chi connectivity index (χ0n) is 13.2. The first kappa shape index (κ1) is 17.5. The summed E-state index contributed by atoms with van der Waals surface area (Å²) in [5, 5.41) is 9.24. The van der Waals surface area contributed by atoms with E-state index in [4.69, 9.17) is 9.47 Å². The van der Waals surface area contributed by atoms with E-state index >= 15 is 0 Å². The van der Waals surface area contributed by atoms with Gasteiger partial charge in [-0.2, -0.15) is 0 Å². The van der Waals surface area contributed by atoms with Gasteiger partial charge in [0.25, 0.3) is 0 Å². The van der Waals surface area contributed by atoms with Gasteiger partial charge in [0.15, 0.2) is 0 Å². The lowest BCUT2D eigenvalue weighted by molar-refractivity contribution is -0.274. The van der Waals surface area contributed by atoms with Gasteiger partial charge in [-0.25, -0.2) is 0 Å². The molecule has 0 amide bonds. The number of halogens is 3. The van der Waals surface area contributed by atoms with Gasteiger partial charge >= 0.3 is 6.36 Å². The molecule has 0 spiro atoms. The number of rotatable bonds is 5. The van der Waals surface area contributed by atoms with E-state index in [2.05, 4.69) is 4.74 Å². The van der Waals surface area contributed by atoms with Crippen LogP contribution >= 0.6 is 0 Å². The summed E-state index contributed by atoms with van der Waals surface area (Å²) in [5.74, 6) is 1.50. The molecule has 0 aliphatic rings. The third-order valence-electron chi connectivity index (χ3n) is 3.17. The second kappa shape index (κ2) is 7.26. The summed E-state index contributed by atoms with van der Waals surface area (Å²) in [6.45, 7) is 0. The van der Waals surface area contributed by atoms with E-state index in [0.717, 1.165) is 6.07 Å². The van der Waals surface area contributed by atoms with Crippen LogP contribution in [-0.2, 0) is 0 Å². The SMILES string of the molecule is Oc1ccc(Oc2ccc(Oc3cccc(OC(F)(F)F)c3)cc2)cc1. The number of aromatic hydroxyl groups is 1. The Kier molecular flexibility index (Phi) is 4.88.